The largest absolute Gasteiger partial charge is 0.481 e. The summed E-state index contributed by atoms with van der Waals surface area (Å²) in [6, 6.07) is 0.541. The number of carboxylic acids is 1. The summed E-state index contributed by atoms with van der Waals surface area (Å²) in [4.78, 5) is 13.2. The van der Waals surface area contributed by atoms with Crippen LogP contribution in [0.1, 0.15) is 20.3 Å². The van der Waals surface area contributed by atoms with Crippen LogP contribution < -0.4 is 0 Å². The third-order valence-corrected chi connectivity index (χ3v) is 4.26. The molecule has 0 saturated carbocycles. The molecule has 0 radical (unpaired) electrons. The summed E-state index contributed by atoms with van der Waals surface area (Å²) in [6.45, 7) is 7.68. The minimum atomic E-state index is -0.665. The van der Waals surface area contributed by atoms with Gasteiger partial charge in [-0.2, -0.15) is 0 Å². The van der Waals surface area contributed by atoms with E-state index in [2.05, 4.69) is 11.8 Å². The van der Waals surface area contributed by atoms with Crippen LogP contribution in [0.5, 0.6) is 0 Å². The molecular formula is C12H21NO3. The van der Waals surface area contributed by atoms with Gasteiger partial charge in [0.05, 0.1) is 12.5 Å². The number of carbonyl (C=O) groups is 1. The van der Waals surface area contributed by atoms with Crippen LogP contribution in [-0.2, 0) is 9.53 Å². The summed E-state index contributed by atoms with van der Waals surface area (Å²) in [6.07, 6.45) is 1.15. The highest BCUT2D eigenvalue weighted by molar-refractivity contribution is 5.70. The molecule has 0 aromatic heterocycles. The molecule has 2 heterocycles. The zero-order valence-electron chi connectivity index (χ0n) is 10.1. The van der Waals surface area contributed by atoms with E-state index in [-0.39, 0.29) is 5.92 Å². The van der Waals surface area contributed by atoms with Crippen LogP contribution in [-0.4, -0.2) is 48.3 Å². The Bertz CT molecular complexity index is 257. The predicted molar refractivity (Wildman–Crippen MR) is 60.3 cm³/mol. The Morgan fingerprint density at radius 1 is 1.38 bits per heavy atom. The molecule has 16 heavy (non-hydrogen) atoms. The van der Waals surface area contributed by atoms with Crippen molar-refractivity contribution >= 4 is 5.97 Å². The summed E-state index contributed by atoms with van der Waals surface area (Å²) in [7, 11) is 0. The van der Waals surface area contributed by atoms with Gasteiger partial charge in [-0.3, -0.25) is 9.69 Å². The van der Waals surface area contributed by atoms with Gasteiger partial charge >= 0.3 is 5.97 Å². The SMILES string of the molecule is CC(C(=O)O)C1CN(C(C)C2CCOC2)C1. The van der Waals surface area contributed by atoms with Gasteiger partial charge in [0.1, 0.15) is 0 Å². The van der Waals surface area contributed by atoms with E-state index in [4.69, 9.17) is 9.84 Å². The first kappa shape index (κ1) is 11.9. The van der Waals surface area contributed by atoms with Crippen LogP contribution >= 0.6 is 0 Å². The van der Waals surface area contributed by atoms with Crippen LogP contribution in [0.25, 0.3) is 0 Å². The lowest BCUT2D eigenvalue weighted by atomic mass is 9.84. The van der Waals surface area contributed by atoms with E-state index in [9.17, 15) is 4.79 Å². The van der Waals surface area contributed by atoms with E-state index in [1.54, 1.807) is 0 Å². The Kier molecular flexibility index (Phi) is 3.50. The fraction of sp³-hybridized carbons (Fsp3) is 0.917. The average molecular weight is 227 g/mol. The van der Waals surface area contributed by atoms with Crippen molar-refractivity contribution in [1.82, 2.24) is 4.90 Å². The van der Waals surface area contributed by atoms with Crippen molar-refractivity contribution in [1.29, 1.82) is 0 Å². The fourth-order valence-corrected chi connectivity index (χ4v) is 2.63. The molecule has 4 nitrogen and oxygen atoms in total. The minimum absolute atomic E-state index is 0.205. The number of aliphatic carboxylic acids is 1. The number of ether oxygens (including phenoxy) is 1. The van der Waals surface area contributed by atoms with Crippen molar-refractivity contribution in [2.45, 2.75) is 26.3 Å². The lowest BCUT2D eigenvalue weighted by molar-refractivity contribution is -0.146. The maximum absolute atomic E-state index is 10.8. The zero-order chi connectivity index (χ0) is 11.7. The molecule has 0 aliphatic carbocycles. The van der Waals surface area contributed by atoms with Gasteiger partial charge in [0.15, 0.2) is 0 Å². The molecule has 0 amide bonds. The second kappa shape index (κ2) is 4.72. The van der Waals surface area contributed by atoms with Crippen LogP contribution in [0.3, 0.4) is 0 Å². The van der Waals surface area contributed by atoms with E-state index in [1.165, 1.54) is 0 Å². The molecule has 2 aliphatic rings. The Morgan fingerprint density at radius 2 is 2.06 bits per heavy atom. The van der Waals surface area contributed by atoms with Gasteiger partial charge in [0.25, 0.3) is 0 Å². The van der Waals surface area contributed by atoms with E-state index < -0.39 is 5.97 Å². The quantitative estimate of drug-likeness (QED) is 0.780. The van der Waals surface area contributed by atoms with Gasteiger partial charge in [0.2, 0.25) is 0 Å². The van der Waals surface area contributed by atoms with Crippen molar-refractivity contribution in [3.63, 3.8) is 0 Å². The van der Waals surface area contributed by atoms with Gasteiger partial charge in [-0.25, -0.2) is 0 Å². The van der Waals surface area contributed by atoms with Crippen LogP contribution in [0, 0.1) is 17.8 Å². The van der Waals surface area contributed by atoms with Gasteiger partial charge in [-0.1, -0.05) is 6.92 Å². The second-order valence-electron chi connectivity index (χ2n) is 5.21. The van der Waals surface area contributed by atoms with Crippen molar-refractivity contribution in [3.05, 3.63) is 0 Å². The number of rotatable bonds is 4. The molecule has 3 atom stereocenters. The van der Waals surface area contributed by atoms with E-state index in [0.29, 0.717) is 17.9 Å². The molecule has 2 saturated heterocycles. The molecule has 0 bridgehead atoms. The van der Waals surface area contributed by atoms with Crippen molar-refractivity contribution < 1.29 is 14.6 Å². The topological polar surface area (TPSA) is 49.8 Å². The third-order valence-electron chi connectivity index (χ3n) is 4.26. The average Bonchev–Trinajstić information content (AvgIpc) is 2.67. The maximum Gasteiger partial charge on any atom is 0.306 e. The number of hydrogen-bond acceptors (Lipinski definition) is 3. The number of nitrogens with zero attached hydrogens (tertiary/aromatic N) is 1. The molecule has 92 valence electrons. The van der Waals surface area contributed by atoms with E-state index in [1.807, 2.05) is 6.92 Å². The van der Waals surface area contributed by atoms with E-state index >= 15 is 0 Å². The van der Waals surface area contributed by atoms with Crippen molar-refractivity contribution in [2.24, 2.45) is 17.8 Å². The maximum atomic E-state index is 10.8. The number of carboxylic acid groups (broad SMARTS) is 1. The summed E-state index contributed by atoms with van der Waals surface area (Å²) in [5.74, 6) is 0.105. The first-order chi connectivity index (χ1) is 7.59. The summed E-state index contributed by atoms with van der Waals surface area (Å²) in [5.41, 5.74) is 0. The highest BCUT2D eigenvalue weighted by Gasteiger charge is 2.39. The normalized spacial score (nSPS) is 31.0. The molecule has 0 spiro atoms. The predicted octanol–water partition coefficient (Wildman–Crippen LogP) is 1.06. The number of likely N-dealkylation sites (tertiary alicyclic amines) is 1. The summed E-state index contributed by atoms with van der Waals surface area (Å²) in [5, 5.41) is 8.92. The van der Waals surface area contributed by atoms with Crippen LogP contribution in [0.4, 0.5) is 0 Å². The molecule has 0 aromatic rings. The summed E-state index contributed by atoms with van der Waals surface area (Å²) < 4.78 is 5.39. The lowest BCUT2D eigenvalue weighted by Crippen LogP contribution is -2.56. The minimum Gasteiger partial charge on any atom is -0.481 e. The third kappa shape index (κ3) is 2.23. The van der Waals surface area contributed by atoms with Gasteiger partial charge < -0.3 is 9.84 Å². The van der Waals surface area contributed by atoms with Crippen LogP contribution in [0.15, 0.2) is 0 Å². The van der Waals surface area contributed by atoms with Gasteiger partial charge in [0, 0.05) is 25.7 Å². The molecule has 2 rings (SSSR count). The monoisotopic (exact) mass is 227 g/mol. The van der Waals surface area contributed by atoms with E-state index in [0.717, 1.165) is 32.7 Å². The Hall–Kier alpha value is -0.610. The lowest BCUT2D eigenvalue weighted by Gasteiger charge is -2.46. The Morgan fingerprint density at radius 3 is 2.56 bits per heavy atom. The summed E-state index contributed by atoms with van der Waals surface area (Å²) >= 11 is 0. The Labute approximate surface area is 96.6 Å². The first-order valence-electron chi connectivity index (χ1n) is 6.14. The molecule has 0 aromatic carbocycles. The second-order valence-corrected chi connectivity index (χ2v) is 5.21. The molecule has 2 aliphatic heterocycles. The van der Waals surface area contributed by atoms with Gasteiger partial charge in [-0.15, -0.1) is 0 Å². The van der Waals surface area contributed by atoms with Crippen molar-refractivity contribution in [2.75, 3.05) is 26.3 Å². The number of hydrogen-bond donors (Lipinski definition) is 1. The first-order valence-corrected chi connectivity index (χ1v) is 6.14. The molecule has 1 N–H and O–H groups in total. The molecule has 3 unspecified atom stereocenters. The Balaban J connectivity index is 1.77. The zero-order valence-corrected chi connectivity index (χ0v) is 10.1. The highest BCUT2D eigenvalue weighted by Crippen LogP contribution is 2.30. The van der Waals surface area contributed by atoms with Crippen molar-refractivity contribution in [3.8, 4) is 0 Å². The van der Waals surface area contributed by atoms with Gasteiger partial charge in [-0.05, 0) is 25.2 Å². The molecule has 4 heteroatoms. The van der Waals surface area contributed by atoms with Crippen LogP contribution in [0.2, 0.25) is 0 Å². The highest BCUT2D eigenvalue weighted by atomic mass is 16.5. The molecule has 2 fully saturated rings. The standard InChI is InChI=1S/C12H21NO3/c1-8(12(14)15)11-5-13(6-11)9(2)10-3-4-16-7-10/h8-11H,3-7H2,1-2H3,(H,14,15). The fourth-order valence-electron chi connectivity index (χ4n) is 2.63. The smallest absolute Gasteiger partial charge is 0.306 e. The molecular weight excluding hydrogens is 206 g/mol.